The summed E-state index contributed by atoms with van der Waals surface area (Å²) in [6.07, 6.45) is 0. The number of likely N-dealkylation sites (N-methyl/N-ethyl adjacent to an activating group) is 1. The molecular formula is C12H14N2O2S. The van der Waals surface area contributed by atoms with Crippen LogP contribution in [0.2, 0.25) is 0 Å². The van der Waals surface area contributed by atoms with E-state index in [0.717, 1.165) is 27.9 Å². The number of aryl methyl sites for hydroxylation is 2. The summed E-state index contributed by atoms with van der Waals surface area (Å²) >= 11 is 1.02. The summed E-state index contributed by atoms with van der Waals surface area (Å²) in [7, 11) is 1.50. The van der Waals surface area contributed by atoms with Crippen molar-refractivity contribution in [2.75, 3.05) is 12.4 Å². The fourth-order valence-electron chi connectivity index (χ4n) is 1.70. The van der Waals surface area contributed by atoms with E-state index in [1.807, 2.05) is 32.0 Å². The largest absolute Gasteiger partial charge is 0.365 e. The third kappa shape index (κ3) is 2.29. The molecule has 17 heavy (non-hydrogen) atoms. The number of nitrogens with zero attached hydrogens (tertiary/aromatic N) is 1. The van der Waals surface area contributed by atoms with E-state index in [2.05, 4.69) is 5.32 Å². The smallest absolute Gasteiger partial charge is 0.290 e. The van der Waals surface area contributed by atoms with Gasteiger partial charge in [-0.3, -0.25) is 14.5 Å². The van der Waals surface area contributed by atoms with Gasteiger partial charge in [-0.05, 0) is 37.2 Å². The second-order valence-corrected chi connectivity index (χ2v) is 5.18. The van der Waals surface area contributed by atoms with Crippen LogP contribution < -0.4 is 5.32 Å². The Morgan fingerprint density at radius 1 is 1.29 bits per heavy atom. The van der Waals surface area contributed by atoms with Gasteiger partial charge in [0.1, 0.15) is 0 Å². The first-order valence-corrected chi connectivity index (χ1v) is 6.19. The van der Waals surface area contributed by atoms with Crippen LogP contribution in [0.15, 0.2) is 18.2 Å². The topological polar surface area (TPSA) is 49.4 Å². The number of anilines is 1. The van der Waals surface area contributed by atoms with E-state index in [1.165, 1.54) is 12.6 Å². The predicted molar refractivity (Wildman–Crippen MR) is 69.1 cm³/mol. The lowest BCUT2D eigenvalue weighted by molar-refractivity contribution is -0.125. The van der Waals surface area contributed by atoms with Gasteiger partial charge in [-0.15, -0.1) is 0 Å². The molecule has 1 aliphatic rings. The van der Waals surface area contributed by atoms with Gasteiger partial charge < -0.3 is 5.32 Å². The summed E-state index contributed by atoms with van der Waals surface area (Å²) in [6, 6.07) is 5.95. The van der Waals surface area contributed by atoms with Crippen molar-refractivity contribution in [3.63, 3.8) is 0 Å². The minimum Gasteiger partial charge on any atom is -0.365 e. The monoisotopic (exact) mass is 250 g/mol. The molecule has 1 atom stereocenters. The zero-order valence-corrected chi connectivity index (χ0v) is 10.8. The molecule has 4 nitrogen and oxygen atoms in total. The lowest BCUT2D eigenvalue weighted by atomic mass is 10.1. The second kappa shape index (κ2) is 4.41. The quantitative estimate of drug-likeness (QED) is 0.875. The summed E-state index contributed by atoms with van der Waals surface area (Å²) < 4.78 is 0. The highest BCUT2D eigenvalue weighted by Gasteiger charge is 2.37. The number of thioether (sulfide) groups is 1. The molecule has 1 aliphatic heterocycles. The molecular weight excluding hydrogens is 236 g/mol. The Bertz CT molecular complexity index is 487. The van der Waals surface area contributed by atoms with E-state index in [-0.39, 0.29) is 11.1 Å². The Morgan fingerprint density at radius 3 is 2.53 bits per heavy atom. The predicted octanol–water partition coefficient (Wildman–Crippen LogP) is 2.37. The van der Waals surface area contributed by atoms with Gasteiger partial charge in [0, 0.05) is 12.7 Å². The zero-order valence-electron chi connectivity index (χ0n) is 9.98. The van der Waals surface area contributed by atoms with Crippen LogP contribution in [-0.4, -0.2) is 28.5 Å². The van der Waals surface area contributed by atoms with Gasteiger partial charge in [-0.2, -0.15) is 0 Å². The fourth-order valence-corrected chi connectivity index (χ4v) is 2.60. The number of benzene rings is 1. The molecule has 0 spiro atoms. The number of carbonyl (C=O) groups is 2. The molecule has 0 aliphatic carbocycles. The maximum atomic E-state index is 11.7. The van der Waals surface area contributed by atoms with E-state index >= 15 is 0 Å². The molecule has 1 aromatic rings. The van der Waals surface area contributed by atoms with Crippen molar-refractivity contribution in [2.24, 2.45) is 0 Å². The van der Waals surface area contributed by atoms with Crippen LogP contribution in [0.3, 0.4) is 0 Å². The van der Waals surface area contributed by atoms with E-state index < -0.39 is 5.37 Å². The Kier molecular flexibility index (Phi) is 3.11. The number of rotatable bonds is 2. The summed E-state index contributed by atoms with van der Waals surface area (Å²) in [6.45, 7) is 3.99. The number of imide groups is 1. The number of carbonyl (C=O) groups excluding carboxylic acids is 2. The van der Waals surface area contributed by atoms with Crippen LogP contribution in [0.5, 0.6) is 0 Å². The van der Waals surface area contributed by atoms with Gasteiger partial charge in [0.05, 0.1) is 0 Å². The zero-order chi connectivity index (χ0) is 12.6. The van der Waals surface area contributed by atoms with E-state index in [4.69, 9.17) is 0 Å². The van der Waals surface area contributed by atoms with Crippen molar-refractivity contribution in [1.82, 2.24) is 4.90 Å². The standard InChI is InChI=1S/C12H14N2O2S/c1-7-4-5-9(8(2)6-7)13-10-11(15)14(3)12(16)17-10/h4-6,10,13H,1-3H3. The molecule has 0 saturated carbocycles. The highest BCUT2D eigenvalue weighted by atomic mass is 32.2. The third-order valence-electron chi connectivity index (χ3n) is 2.72. The first-order valence-electron chi connectivity index (χ1n) is 5.31. The lowest BCUT2D eigenvalue weighted by Crippen LogP contribution is -2.31. The van der Waals surface area contributed by atoms with Gasteiger partial charge in [0.25, 0.3) is 11.1 Å². The normalized spacial score (nSPS) is 19.9. The van der Waals surface area contributed by atoms with Gasteiger partial charge >= 0.3 is 0 Å². The highest BCUT2D eigenvalue weighted by Crippen LogP contribution is 2.28. The second-order valence-electron chi connectivity index (χ2n) is 4.12. The summed E-state index contributed by atoms with van der Waals surface area (Å²) in [5, 5.41) is 2.38. The number of amides is 2. The first-order chi connectivity index (χ1) is 7.99. The molecule has 90 valence electrons. The van der Waals surface area contributed by atoms with Crippen LogP contribution in [0.1, 0.15) is 11.1 Å². The van der Waals surface area contributed by atoms with Crippen molar-refractivity contribution in [3.8, 4) is 0 Å². The van der Waals surface area contributed by atoms with E-state index in [1.54, 1.807) is 0 Å². The third-order valence-corrected chi connectivity index (χ3v) is 3.75. The van der Waals surface area contributed by atoms with Crippen molar-refractivity contribution in [3.05, 3.63) is 29.3 Å². The van der Waals surface area contributed by atoms with Crippen molar-refractivity contribution in [1.29, 1.82) is 0 Å². The molecule has 1 unspecified atom stereocenters. The lowest BCUT2D eigenvalue weighted by Gasteiger charge is -2.13. The Morgan fingerprint density at radius 2 is 2.00 bits per heavy atom. The molecule has 0 bridgehead atoms. The van der Waals surface area contributed by atoms with Crippen LogP contribution in [0, 0.1) is 13.8 Å². The van der Waals surface area contributed by atoms with Gasteiger partial charge in [-0.1, -0.05) is 17.7 Å². The molecule has 5 heteroatoms. The molecule has 1 heterocycles. The maximum absolute atomic E-state index is 11.7. The highest BCUT2D eigenvalue weighted by molar-refractivity contribution is 8.15. The van der Waals surface area contributed by atoms with Crippen molar-refractivity contribution in [2.45, 2.75) is 19.2 Å². The average molecular weight is 250 g/mol. The molecule has 0 aromatic heterocycles. The molecule has 1 N–H and O–H groups in total. The Hall–Kier alpha value is -1.49. The van der Waals surface area contributed by atoms with Crippen LogP contribution in [-0.2, 0) is 4.79 Å². The molecule has 1 saturated heterocycles. The molecule has 0 radical (unpaired) electrons. The molecule has 1 aromatic carbocycles. The molecule has 1 fully saturated rings. The summed E-state index contributed by atoms with van der Waals surface area (Å²) in [5.41, 5.74) is 3.14. The van der Waals surface area contributed by atoms with Crippen LogP contribution >= 0.6 is 11.8 Å². The van der Waals surface area contributed by atoms with Crippen LogP contribution in [0.25, 0.3) is 0 Å². The maximum Gasteiger partial charge on any atom is 0.290 e. The van der Waals surface area contributed by atoms with E-state index in [9.17, 15) is 9.59 Å². The summed E-state index contributed by atoms with van der Waals surface area (Å²) in [4.78, 5) is 24.2. The average Bonchev–Trinajstić information content (AvgIpc) is 2.50. The number of hydrogen-bond acceptors (Lipinski definition) is 4. The van der Waals surface area contributed by atoms with Crippen molar-refractivity contribution >= 4 is 28.6 Å². The van der Waals surface area contributed by atoms with Gasteiger partial charge in [0.2, 0.25) is 0 Å². The van der Waals surface area contributed by atoms with E-state index in [0.29, 0.717) is 0 Å². The summed E-state index contributed by atoms with van der Waals surface area (Å²) in [5.74, 6) is -0.194. The van der Waals surface area contributed by atoms with Crippen LogP contribution in [0.4, 0.5) is 10.5 Å². The minimum absolute atomic E-state index is 0.194. The number of hydrogen-bond donors (Lipinski definition) is 1. The Labute approximate surface area is 104 Å². The molecule has 2 rings (SSSR count). The van der Waals surface area contributed by atoms with Crippen molar-refractivity contribution < 1.29 is 9.59 Å². The SMILES string of the molecule is Cc1ccc(NC2SC(=O)N(C)C2=O)c(C)c1. The fraction of sp³-hybridized carbons (Fsp3) is 0.333. The first kappa shape index (κ1) is 12.0. The Balaban J connectivity index is 2.17. The number of nitrogens with one attached hydrogen (secondary N) is 1. The minimum atomic E-state index is -0.506. The van der Waals surface area contributed by atoms with Gasteiger partial charge in [-0.25, -0.2) is 0 Å². The molecule has 2 amide bonds. The van der Waals surface area contributed by atoms with Gasteiger partial charge in [0.15, 0.2) is 5.37 Å².